The fraction of sp³-hybridized carbons (Fsp3) is 0.522. The summed E-state index contributed by atoms with van der Waals surface area (Å²) < 4.78 is 88.8. The number of hydrogen-bond acceptors (Lipinski definition) is 8. The third kappa shape index (κ3) is 10.2. The Balaban J connectivity index is 0.000000333. The van der Waals surface area contributed by atoms with E-state index < -0.39 is 30.1 Å². The van der Waals surface area contributed by atoms with Crippen molar-refractivity contribution in [3.63, 3.8) is 0 Å². The minimum atomic E-state index is -5.08. The number of hydrogen-bond donors (Lipinski definition) is 2. The number of anilines is 1. The molecule has 0 aromatic carbocycles. The van der Waals surface area contributed by atoms with Gasteiger partial charge in [-0.05, 0) is 25.0 Å². The van der Waals surface area contributed by atoms with E-state index in [9.17, 15) is 30.7 Å². The second-order valence-electron chi connectivity index (χ2n) is 8.57. The summed E-state index contributed by atoms with van der Waals surface area (Å²) >= 11 is 0. The summed E-state index contributed by atoms with van der Waals surface area (Å²) in [6.45, 7) is 3.22. The van der Waals surface area contributed by atoms with Gasteiger partial charge in [0, 0.05) is 18.7 Å². The highest BCUT2D eigenvalue weighted by molar-refractivity contribution is 5.73. The maximum atomic E-state index is 13.1. The monoisotopic (exact) mass is 586 g/mol. The van der Waals surface area contributed by atoms with Crippen molar-refractivity contribution in [1.82, 2.24) is 15.0 Å². The quantitative estimate of drug-likeness (QED) is 0.497. The van der Waals surface area contributed by atoms with E-state index in [0.717, 1.165) is 38.0 Å². The lowest BCUT2D eigenvalue weighted by molar-refractivity contribution is -0.193. The summed E-state index contributed by atoms with van der Waals surface area (Å²) in [5.74, 6) is -5.04. The molecule has 2 atom stereocenters. The van der Waals surface area contributed by atoms with Crippen LogP contribution in [0, 0.1) is 11.7 Å². The van der Waals surface area contributed by atoms with Crippen molar-refractivity contribution < 1.29 is 60.0 Å². The molecule has 4 rings (SSSR count). The second-order valence-corrected chi connectivity index (χ2v) is 8.57. The zero-order chi connectivity index (χ0) is 30.0. The van der Waals surface area contributed by atoms with Crippen LogP contribution in [0.15, 0.2) is 36.8 Å². The van der Waals surface area contributed by atoms with Gasteiger partial charge in [0.1, 0.15) is 0 Å². The number of alkyl halides is 6. The largest absolute Gasteiger partial charge is 0.490 e. The van der Waals surface area contributed by atoms with E-state index in [1.165, 1.54) is 12.4 Å². The molecule has 1 aliphatic carbocycles. The first kappa shape index (κ1) is 32.6. The molecule has 2 aromatic rings. The number of morpholine rings is 1. The number of pyridine rings is 1. The number of halogens is 7. The maximum absolute atomic E-state index is 13.1. The minimum absolute atomic E-state index is 0.236. The average Bonchev–Trinajstić information content (AvgIpc) is 3.25. The van der Waals surface area contributed by atoms with Crippen molar-refractivity contribution in [1.29, 1.82) is 0 Å². The van der Waals surface area contributed by atoms with Crippen LogP contribution >= 0.6 is 0 Å². The van der Waals surface area contributed by atoms with Gasteiger partial charge in [0.05, 0.1) is 50.1 Å². The molecule has 2 aliphatic rings. The first-order chi connectivity index (χ1) is 18.6. The van der Waals surface area contributed by atoms with Crippen LogP contribution in [0.2, 0.25) is 0 Å². The van der Waals surface area contributed by atoms with Crippen LogP contribution in [0.1, 0.15) is 25.0 Å². The Kier molecular flexibility index (Phi) is 11.5. The van der Waals surface area contributed by atoms with Crippen LogP contribution in [0.3, 0.4) is 0 Å². The molecule has 2 aromatic heterocycles. The Morgan fingerprint density at radius 3 is 2.17 bits per heavy atom. The van der Waals surface area contributed by atoms with Crippen molar-refractivity contribution in [2.45, 2.75) is 43.8 Å². The van der Waals surface area contributed by atoms with Gasteiger partial charge >= 0.3 is 24.3 Å². The molecule has 40 heavy (non-hydrogen) atoms. The molecular formula is C23H25F7N4O6. The highest BCUT2D eigenvalue weighted by atomic mass is 19.4. The maximum Gasteiger partial charge on any atom is 0.490 e. The van der Waals surface area contributed by atoms with Gasteiger partial charge in [-0.15, -0.1) is 0 Å². The highest BCUT2D eigenvalue weighted by Gasteiger charge is 2.47. The second kappa shape index (κ2) is 14.2. The molecule has 0 amide bonds. The summed E-state index contributed by atoms with van der Waals surface area (Å²) in [4.78, 5) is 32.4. The van der Waals surface area contributed by atoms with Gasteiger partial charge in [0.2, 0.25) is 5.95 Å². The summed E-state index contributed by atoms with van der Waals surface area (Å²) in [6, 6.07) is 5.83. The minimum Gasteiger partial charge on any atom is -0.475 e. The zero-order valence-electron chi connectivity index (χ0n) is 20.7. The van der Waals surface area contributed by atoms with Gasteiger partial charge in [-0.1, -0.05) is 12.5 Å². The third-order valence-electron chi connectivity index (χ3n) is 5.78. The van der Waals surface area contributed by atoms with Crippen LogP contribution in [0.5, 0.6) is 0 Å². The molecule has 1 spiro atoms. The topological polar surface area (TPSA) is 135 Å². The smallest absolute Gasteiger partial charge is 0.475 e. The molecule has 1 saturated carbocycles. The van der Waals surface area contributed by atoms with Crippen molar-refractivity contribution in [2.75, 3.05) is 31.2 Å². The van der Waals surface area contributed by atoms with Gasteiger partial charge in [-0.2, -0.15) is 26.3 Å². The number of aromatic nitrogens is 3. The summed E-state index contributed by atoms with van der Waals surface area (Å²) in [6.07, 6.45) is -2.75. The van der Waals surface area contributed by atoms with Crippen molar-refractivity contribution in [3.8, 4) is 0 Å². The number of nitrogens with zero attached hydrogens (tertiary/aromatic N) is 4. The Bertz CT molecular complexity index is 1070. The standard InChI is InChI=1S/C19H23FN4O2.2C2HF3O2/c20-16-10-22-18(23-11-16)24-8-9-26-19(14-24)6-3-4-15(19)12-25-13-17-5-1-2-7-21-17;2*3-2(4,5)1(6)7/h1-2,5,7,10-11,15H,3-4,6,8-9,12-14H2;2*(H,6,7)/t15-,19+;;/m0../s1. The van der Waals surface area contributed by atoms with Crippen LogP contribution in [0.25, 0.3) is 0 Å². The molecular weight excluding hydrogens is 561 g/mol. The van der Waals surface area contributed by atoms with Crippen LogP contribution in [0.4, 0.5) is 36.7 Å². The van der Waals surface area contributed by atoms with Gasteiger partial charge < -0.3 is 24.6 Å². The Hall–Kier alpha value is -3.60. The van der Waals surface area contributed by atoms with Gasteiger partial charge in [-0.3, -0.25) is 4.98 Å². The highest BCUT2D eigenvalue weighted by Crippen LogP contribution is 2.41. The first-order valence-corrected chi connectivity index (χ1v) is 11.6. The predicted molar refractivity (Wildman–Crippen MR) is 122 cm³/mol. The number of ether oxygens (including phenoxy) is 2. The molecule has 0 unspecified atom stereocenters. The molecule has 0 bridgehead atoms. The first-order valence-electron chi connectivity index (χ1n) is 11.6. The molecule has 0 radical (unpaired) electrons. The van der Waals surface area contributed by atoms with E-state index in [1.54, 1.807) is 6.20 Å². The number of aliphatic carboxylic acids is 2. The van der Waals surface area contributed by atoms with Crippen molar-refractivity contribution in [2.24, 2.45) is 5.92 Å². The van der Waals surface area contributed by atoms with Crippen LogP contribution in [-0.4, -0.2) is 81.4 Å². The van der Waals surface area contributed by atoms with E-state index in [0.29, 0.717) is 31.7 Å². The number of rotatable bonds is 5. The fourth-order valence-corrected chi connectivity index (χ4v) is 3.98. The number of carboxylic acids is 2. The molecule has 1 saturated heterocycles. The number of carboxylic acid groups (broad SMARTS) is 2. The molecule has 17 heteroatoms. The normalized spacial score (nSPS) is 20.7. The number of carbonyl (C=O) groups is 2. The predicted octanol–water partition coefficient (Wildman–Crippen LogP) is 3.87. The molecule has 1 aliphatic heterocycles. The molecule has 222 valence electrons. The SMILES string of the molecule is Fc1cnc(N2CCO[C@]3(CCC[C@H]3COCc3ccccn3)C2)nc1.O=C(O)C(F)(F)F.O=C(O)C(F)(F)F. The molecule has 10 nitrogen and oxygen atoms in total. The Morgan fingerprint density at radius 2 is 1.65 bits per heavy atom. The van der Waals surface area contributed by atoms with Crippen LogP contribution in [-0.2, 0) is 25.7 Å². The van der Waals surface area contributed by atoms with E-state index in [4.69, 9.17) is 29.3 Å². The van der Waals surface area contributed by atoms with E-state index >= 15 is 0 Å². The van der Waals surface area contributed by atoms with Gasteiger partial charge in [-0.25, -0.2) is 23.9 Å². The summed E-state index contributed by atoms with van der Waals surface area (Å²) in [7, 11) is 0. The van der Waals surface area contributed by atoms with Gasteiger partial charge in [0.25, 0.3) is 0 Å². The molecule has 3 heterocycles. The zero-order valence-corrected chi connectivity index (χ0v) is 20.7. The fourth-order valence-electron chi connectivity index (χ4n) is 3.98. The van der Waals surface area contributed by atoms with Crippen LogP contribution < -0.4 is 4.90 Å². The molecule has 2 fully saturated rings. The Labute approximate surface area is 222 Å². The van der Waals surface area contributed by atoms with E-state index in [1.807, 2.05) is 18.2 Å². The van der Waals surface area contributed by atoms with E-state index in [-0.39, 0.29) is 5.60 Å². The Morgan fingerprint density at radius 1 is 1.05 bits per heavy atom. The molecule has 2 N–H and O–H groups in total. The third-order valence-corrected chi connectivity index (χ3v) is 5.78. The lowest BCUT2D eigenvalue weighted by atomic mass is 9.89. The van der Waals surface area contributed by atoms with Gasteiger partial charge in [0.15, 0.2) is 5.82 Å². The average molecular weight is 586 g/mol. The summed E-state index contributed by atoms with van der Waals surface area (Å²) in [5, 5.41) is 14.2. The van der Waals surface area contributed by atoms with Crippen molar-refractivity contribution >= 4 is 17.9 Å². The lowest BCUT2D eigenvalue weighted by Gasteiger charge is -2.44. The van der Waals surface area contributed by atoms with E-state index in [2.05, 4.69) is 19.9 Å². The lowest BCUT2D eigenvalue weighted by Crippen LogP contribution is -2.55. The summed E-state index contributed by atoms with van der Waals surface area (Å²) in [5.41, 5.74) is 0.700. The van der Waals surface area contributed by atoms with Crippen molar-refractivity contribution in [3.05, 3.63) is 48.3 Å².